The van der Waals surface area contributed by atoms with Gasteiger partial charge in [0.15, 0.2) is 0 Å². The largest absolute Gasteiger partial charge is 0.481 e. The third-order valence-corrected chi connectivity index (χ3v) is 5.04. The Morgan fingerprint density at radius 2 is 1.85 bits per heavy atom. The third kappa shape index (κ3) is 4.06. The minimum absolute atomic E-state index is 0.207. The molecule has 3 aromatic rings. The van der Waals surface area contributed by atoms with Gasteiger partial charge in [-0.15, -0.1) is 0 Å². The lowest BCUT2D eigenvalue weighted by Crippen LogP contribution is -2.26. The van der Waals surface area contributed by atoms with Crippen molar-refractivity contribution in [3.8, 4) is 22.8 Å². The molecule has 2 atom stereocenters. The molecule has 0 aliphatic heterocycles. The summed E-state index contributed by atoms with van der Waals surface area (Å²) in [4.78, 5) is 15.5. The van der Waals surface area contributed by atoms with Crippen LogP contribution in [0.5, 0.6) is 0 Å². The van der Waals surface area contributed by atoms with Gasteiger partial charge in [-0.3, -0.25) is 4.79 Å². The molecule has 0 saturated heterocycles. The number of aromatic nitrogens is 2. The highest BCUT2D eigenvalue weighted by Gasteiger charge is 2.29. The van der Waals surface area contributed by atoms with Crippen LogP contribution < -0.4 is 5.32 Å². The van der Waals surface area contributed by atoms with Crippen molar-refractivity contribution in [2.75, 3.05) is 0 Å². The van der Waals surface area contributed by atoms with Crippen molar-refractivity contribution in [3.63, 3.8) is 0 Å². The number of carbonyl (C=O) groups is 1. The lowest BCUT2D eigenvalue weighted by molar-refractivity contribution is -0.141. The molecule has 4 rings (SSSR count). The third-order valence-electron chi connectivity index (χ3n) is 5.04. The van der Waals surface area contributed by atoms with Crippen LogP contribution >= 0.6 is 0 Å². The van der Waals surface area contributed by atoms with Gasteiger partial charge in [0.1, 0.15) is 0 Å². The first kappa shape index (κ1) is 17.4. The number of carboxylic acids is 1. The highest BCUT2D eigenvalue weighted by molar-refractivity contribution is 5.70. The van der Waals surface area contributed by atoms with Crippen LogP contribution in [0.1, 0.15) is 24.8 Å². The Bertz CT molecular complexity index is 906. The number of nitrogens with zero attached hydrogens (tertiary/aromatic N) is 2. The minimum Gasteiger partial charge on any atom is -0.481 e. The summed E-state index contributed by atoms with van der Waals surface area (Å²) < 4.78 is 5.39. The Labute approximate surface area is 157 Å². The standard InChI is InChI=1S/C21H21N3O3/c25-21(26)17-10-11-18(12-17)22-13-14-6-8-16(9-7-14)20-23-19(24-27-20)15-4-2-1-3-5-15/h1-9,17-18,22H,10-13H2,(H,25,26)/t17-,18+/m1/s1. The molecule has 1 aromatic heterocycles. The molecule has 1 aliphatic carbocycles. The fraction of sp³-hybridized carbons (Fsp3) is 0.286. The number of hydrogen-bond acceptors (Lipinski definition) is 5. The van der Waals surface area contributed by atoms with Crippen LogP contribution in [-0.4, -0.2) is 27.3 Å². The van der Waals surface area contributed by atoms with E-state index in [1.54, 1.807) is 0 Å². The SMILES string of the molecule is O=C(O)[C@@H]1CC[C@H](NCc2ccc(-c3nc(-c4ccccc4)no3)cc2)C1. The van der Waals surface area contributed by atoms with E-state index in [9.17, 15) is 4.79 Å². The lowest BCUT2D eigenvalue weighted by Gasteiger charge is -2.12. The summed E-state index contributed by atoms with van der Waals surface area (Å²) >= 11 is 0. The Balaban J connectivity index is 1.37. The van der Waals surface area contributed by atoms with Crippen molar-refractivity contribution >= 4 is 5.97 Å². The first-order chi connectivity index (χ1) is 13.2. The number of carboxylic acid groups (broad SMARTS) is 1. The van der Waals surface area contributed by atoms with Gasteiger partial charge in [0, 0.05) is 23.7 Å². The van der Waals surface area contributed by atoms with Crippen molar-refractivity contribution in [1.29, 1.82) is 0 Å². The fourth-order valence-corrected chi connectivity index (χ4v) is 3.46. The van der Waals surface area contributed by atoms with Crippen molar-refractivity contribution in [2.24, 2.45) is 5.92 Å². The smallest absolute Gasteiger partial charge is 0.306 e. The van der Waals surface area contributed by atoms with Gasteiger partial charge < -0.3 is 14.9 Å². The second kappa shape index (κ2) is 7.72. The first-order valence-corrected chi connectivity index (χ1v) is 9.13. The Morgan fingerprint density at radius 3 is 2.56 bits per heavy atom. The van der Waals surface area contributed by atoms with Crippen LogP contribution in [0.4, 0.5) is 0 Å². The molecule has 6 nitrogen and oxygen atoms in total. The topological polar surface area (TPSA) is 88.2 Å². The molecule has 0 unspecified atom stereocenters. The van der Waals surface area contributed by atoms with E-state index in [0.717, 1.165) is 36.1 Å². The summed E-state index contributed by atoms with van der Waals surface area (Å²) in [6.45, 7) is 0.719. The molecular weight excluding hydrogens is 342 g/mol. The molecule has 6 heteroatoms. The summed E-state index contributed by atoms with van der Waals surface area (Å²) in [5.74, 6) is 0.179. The predicted molar refractivity (Wildman–Crippen MR) is 101 cm³/mol. The summed E-state index contributed by atoms with van der Waals surface area (Å²) in [5, 5.41) is 16.6. The molecule has 27 heavy (non-hydrogen) atoms. The van der Waals surface area contributed by atoms with E-state index in [1.807, 2.05) is 54.6 Å². The number of benzene rings is 2. The Morgan fingerprint density at radius 1 is 1.07 bits per heavy atom. The van der Waals surface area contributed by atoms with Crippen LogP contribution in [0.2, 0.25) is 0 Å². The molecule has 2 aromatic carbocycles. The maximum absolute atomic E-state index is 11.0. The zero-order valence-electron chi connectivity index (χ0n) is 14.8. The number of rotatable bonds is 6. The van der Waals surface area contributed by atoms with Gasteiger partial charge in [0.25, 0.3) is 5.89 Å². The van der Waals surface area contributed by atoms with Crippen LogP contribution in [-0.2, 0) is 11.3 Å². The van der Waals surface area contributed by atoms with Crippen molar-refractivity contribution < 1.29 is 14.4 Å². The highest BCUT2D eigenvalue weighted by Crippen LogP contribution is 2.26. The van der Waals surface area contributed by atoms with Crippen LogP contribution in [0.25, 0.3) is 22.8 Å². The summed E-state index contributed by atoms with van der Waals surface area (Å²) in [6, 6.07) is 18.0. The van der Waals surface area contributed by atoms with E-state index in [-0.39, 0.29) is 12.0 Å². The van der Waals surface area contributed by atoms with E-state index < -0.39 is 5.97 Å². The predicted octanol–water partition coefficient (Wildman–Crippen LogP) is 3.75. The van der Waals surface area contributed by atoms with Gasteiger partial charge in [0.2, 0.25) is 5.82 Å². The van der Waals surface area contributed by atoms with E-state index in [0.29, 0.717) is 18.1 Å². The van der Waals surface area contributed by atoms with Gasteiger partial charge in [-0.25, -0.2) is 0 Å². The minimum atomic E-state index is -0.682. The summed E-state index contributed by atoms with van der Waals surface area (Å²) in [6.07, 6.45) is 2.38. The van der Waals surface area contributed by atoms with Gasteiger partial charge >= 0.3 is 5.97 Å². The van der Waals surface area contributed by atoms with Crippen LogP contribution in [0.15, 0.2) is 59.1 Å². The average Bonchev–Trinajstić information content (AvgIpc) is 3.37. The molecule has 0 amide bonds. The maximum atomic E-state index is 11.0. The Kier molecular flexibility index (Phi) is 4.98. The zero-order chi connectivity index (χ0) is 18.6. The molecule has 1 saturated carbocycles. The quantitative estimate of drug-likeness (QED) is 0.693. The monoisotopic (exact) mass is 363 g/mol. The van der Waals surface area contributed by atoms with Crippen LogP contribution in [0.3, 0.4) is 0 Å². The highest BCUT2D eigenvalue weighted by atomic mass is 16.5. The normalized spacial score (nSPS) is 19.3. The fourth-order valence-electron chi connectivity index (χ4n) is 3.46. The van der Waals surface area contributed by atoms with E-state index in [4.69, 9.17) is 9.63 Å². The van der Waals surface area contributed by atoms with Gasteiger partial charge in [-0.05, 0) is 37.0 Å². The molecule has 1 aliphatic rings. The summed E-state index contributed by atoms with van der Waals surface area (Å²) in [5.41, 5.74) is 2.94. The summed E-state index contributed by atoms with van der Waals surface area (Å²) in [7, 11) is 0. The van der Waals surface area contributed by atoms with Crippen molar-refractivity contribution in [2.45, 2.75) is 31.8 Å². The van der Waals surface area contributed by atoms with Crippen LogP contribution in [0, 0.1) is 5.92 Å². The zero-order valence-corrected chi connectivity index (χ0v) is 14.8. The van der Waals surface area contributed by atoms with E-state index in [2.05, 4.69) is 15.5 Å². The number of aliphatic carboxylic acids is 1. The number of hydrogen-bond donors (Lipinski definition) is 2. The molecule has 138 valence electrons. The second-order valence-electron chi connectivity index (χ2n) is 6.91. The molecule has 2 N–H and O–H groups in total. The van der Waals surface area contributed by atoms with E-state index in [1.165, 1.54) is 0 Å². The van der Waals surface area contributed by atoms with E-state index >= 15 is 0 Å². The maximum Gasteiger partial charge on any atom is 0.306 e. The van der Waals surface area contributed by atoms with Gasteiger partial charge in [0.05, 0.1) is 5.92 Å². The molecule has 1 fully saturated rings. The molecule has 0 spiro atoms. The van der Waals surface area contributed by atoms with Crippen molar-refractivity contribution in [3.05, 3.63) is 60.2 Å². The van der Waals surface area contributed by atoms with Crippen molar-refractivity contribution in [1.82, 2.24) is 15.5 Å². The molecule has 1 heterocycles. The average molecular weight is 363 g/mol. The Hall–Kier alpha value is -2.99. The molecule has 0 bridgehead atoms. The molecule has 0 radical (unpaired) electrons. The van der Waals surface area contributed by atoms with Gasteiger partial charge in [-0.1, -0.05) is 47.6 Å². The number of nitrogens with one attached hydrogen (secondary N) is 1. The van der Waals surface area contributed by atoms with Gasteiger partial charge in [-0.2, -0.15) is 4.98 Å². The lowest BCUT2D eigenvalue weighted by atomic mass is 10.1. The second-order valence-corrected chi connectivity index (χ2v) is 6.91. The molecular formula is C21H21N3O3. The first-order valence-electron chi connectivity index (χ1n) is 9.13.